The molecule has 22 heavy (non-hydrogen) atoms. The number of aliphatic imine (C=N–C) groups is 1. The number of nitrogens with one attached hydrogen (secondary N) is 2. The fourth-order valence-electron chi connectivity index (χ4n) is 1.76. The average Bonchev–Trinajstić information content (AvgIpc) is 2.84. The second kappa shape index (κ2) is 11.0. The van der Waals surface area contributed by atoms with Crippen LogP contribution in [0.5, 0.6) is 0 Å². The molecule has 126 valence electrons. The van der Waals surface area contributed by atoms with Crippen LogP contribution in [-0.4, -0.2) is 61.2 Å². The van der Waals surface area contributed by atoms with Gasteiger partial charge in [0.15, 0.2) is 11.8 Å². The molecule has 0 aromatic carbocycles. The molecule has 1 heterocycles. The monoisotopic (exact) mass is 312 g/mol. The molecule has 0 fully saturated rings. The maximum absolute atomic E-state index is 5.05. The zero-order valence-electron chi connectivity index (χ0n) is 14.1. The summed E-state index contributed by atoms with van der Waals surface area (Å²) < 4.78 is 12.0. The lowest BCUT2D eigenvalue weighted by Gasteiger charge is -2.12. The first-order valence-corrected chi connectivity index (χ1v) is 7.54. The SMILES string of the molecule is COCCCNC(=NCc1nnc(C)n1C)NCCCOC. The van der Waals surface area contributed by atoms with Gasteiger partial charge in [0.05, 0.1) is 0 Å². The van der Waals surface area contributed by atoms with Crippen LogP contribution < -0.4 is 10.6 Å². The molecule has 0 unspecified atom stereocenters. The number of methoxy groups -OCH3 is 2. The van der Waals surface area contributed by atoms with Gasteiger partial charge in [-0.25, -0.2) is 4.99 Å². The molecule has 1 aromatic heterocycles. The highest BCUT2D eigenvalue weighted by atomic mass is 16.5. The Bertz CT molecular complexity index is 433. The van der Waals surface area contributed by atoms with E-state index >= 15 is 0 Å². The summed E-state index contributed by atoms with van der Waals surface area (Å²) in [6.07, 6.45) is 1.86. The summed E-state index contributed by atoms with van der Waals surface area (Å²) in [4.78, 5) is 4.55. The smallest absolute Gasteiger partial charge is 0.191 e. The molecule has 1 aromatic rings. The number of nitrogens with zero attached hydrogens (tertiary/aromatic N) is 4. The van der Waals surface area contributed by atoms with Crippen LogP contribution in [0.15, 0.2) is 4.99 Å². The van der Waals surface area contributed by atoms with Gasteiger partial charge in [-0.1, -0.05) is 0 Å². The highest BCUT2D eigenvalue weighted by molar-refractivity contribution is 5.79. The highest BCUT2D eigenvalue weighted by Crippen LogP contribution is 1.99. The normalized spacial score (nSPS) is 10.5. The summed E-state index contributed by atoms with van der Waals surface area (Å²) in [7, 11) is 5.35. The Morgan fingerprint density at radius 2 is 1.68 bits per heavy atom. The molecule has 2 N–H and O–H groups in total. The Labute approximate surface area is 132 Å². The van der Waals surface area contributed by atoms with Crippen molar-refractivity contribution in [3.63, 3.8) is 0 Å². The minimum Gasteiger partial charge on any atom is -0.385 e. The van der Waals surface area contributed by atoms with E-state index in [-0.39, 0.29) is 0 Å². The third-order valence-corrected chi connectivity index (χ3v) is 3.20. The van der Waals surface area contributed by atoms with Gasteiger partial charge in [-0.05, 0) is 19.8 Å². The van der Waals surface area contributed by atoms with Crippen LogP contribution >= 0.6 is 0 Å². The molecule has 0 aliphatic carbocycles. The van der Waals surface area contributed by atoms with Crippen molar-refractivity contribution in [3.8, 4) is 0 Å². The lowest BCUT2D eigenvalue weighted by Crippen LogP contribution is -2.39. The van der Waals surface area contributed by atoms with Crippen molar-refractivity contribution in [2.75, 3.05) is 40.5 Å². The summed E-state index contributed by atoms with van der Waals surface area (Å²) in [5.41, 5.74) is 0. The van der Waals surface area contributed by atoms with E-state index in [9.17, 15) is 0 Å². The molecule has 0 saturated heterocycles. The van der Waals surface area contributed by atoms with Crippen molar-refractivity contribution in [1.29, 1.82) is 0 Å². The van der Waals surface area contributed by atoms with Crippen molar-refractivity contribution in [2.45, 2.75) is 26.3 Å². The molecule has 8 nitrogen and oxygen atoms in total. The van der Waals surface area contributed by atoms with Gasteiger partial charge in [0.2, 0.25) is 0 Å². The Balaban J connectivity index is 2.50. The van der Waals surface area contributed by atoms with E-state index < -0.39 is 0 Å². The lowest BCUT2D eigenvalue weighted by molar-refractivity contribution is 0.195. The van der Waals surface area contributed by atoms with E-state index in [2.05, 4.69) is 25.8 Å². The van der Waals surface area contributed by atoms with Crippen molar-refractivity contribution >= 4 is 5.96 Å². The molecule has 0 bridgehead atoms. The van der Waals surface area contributed by atoms with Gasteiger partial charge in [-0.15, -0.1) is 10.2 Å². The molecule has 0 aliphatic heterocycles. The summed E-state index contributed by atoms with van der Waals surface area (Å²) in [6.45, 7) is 5.48. The van der Waals surface area contributed by atoms with Gasteiger partial charge in [-0.3, -0.25) is 0 Å². The first kappa shape index (κ1) is 18.4. The minimum atomic E-state index is 0.487. The zero-order chi connectivity index (χ0) is 16.2. The average molecular weight is 312 g/mol. The molecule has 0 radical (unpaired) electrons. The molecular formula is C14H28N6O2. The maximum Gasteiger partial charge on any atom is 0.191 e. The third-order valence-electron chi connectivity index (χ3n) is 3.20. The molecule has 0 amide bonds. The number of aryl methyl sites for hydroxylation is 1. The minimum absolute atomic E-state index is 0.487. The van der Waals surface area contributed by atoms with Gasteiger partial charge < -0.3 is 24.7 Å². The van der Waals surface area contributed by atoms with E-state index in [4.69, 9.17) is 9.47 Å². The van der Waals surface area contributed by atoms with Crippen molar-refractivity contribution < 1.29 is 9.47 Å². The predicted octanol–water partition coefficient (Wildman–Crippen LogP) is 0.232. The van der Waals surface area contributed by atoms with Gasteiger partial charge in [0.1, 0.15) is 12.4 Å². The van der Waals surface area contributed by atoms with Crippen LogP contribution in [0.3, 0.4) is 0 Å². The van der Waals surface area contributed by atoms with Crippen LogP contribution in [0.25, 0.3) is 0 Å². The molecule has 1 rings (SSSR count). The molecule has 0 atom stereocenters. The number of ether oxygens (including phenoxy) is 2. The Hall–Kier alpha value is -1.67. The van der Waals surface area contributed by atoms with Gasteiger partial charge in [-0.2, -0.15) is 0 Å². The number of aromatic nitrogens is 3. The molecular weight excluding hydrogens is 284 g/mol. The van der Waals surface area contributed by atoms with Crippen LogP contribution in [0.4, 0.5) is 0 Å². The highest BCUT2D eigenvalue weighted by Gasteiger charge is 2.05. The first-order valence-electron chi connectivity index (χ1n) is 7.54. The number of rotatable bonds is 10. The van der Waals surface area contributed by atoms with Gasteiger partial charge in [0.25, 0.3) is 0 Å². The Kier molecular flexibility index (Phi) is 9.17. The molecule has 0 spiro atoms. The van der Waals surface area contributed by atoms with Crippen molar-refractivity contribution in [2.24, 2.45) is 12.0 Å². The maximum atomic E-state index is 5.05. The standard InChI is InChI=1S/C14H28N6O2/c1-12-18-19-13(20(12)2)11-17-14(15-7-5-9-21-3)16-8-6-10-22-4/h5-11H2,1-4H3,(H2,15,16,17). The Morgan fingerprint density at radius 1 is 1.09 bits per heavy atom. The van der Waals surface area contributed by atoms with Crippen LogP contribution in [0, 0.1) is 6.92 Å². The summed E-state index contributed by atoms with van der Waals surface area (Å²) >= 11 is 0. The van der Waals surface area contributed by atoms with E-state index in [1.165, 1.54) is 0 Å². The number of hydrogen-bond acceptors (Lipinski definition) is 5. The second-order valence-corrected chi connectivity index (χ2v) is 4.93. The van der Waals surface area contributed by atoms with E-state index in [0.717, 1.165) is 56.8 Å². The Morgan fingerprint density at radius 3 is 2.14 bits per heavy atom. The topological polar surface area (TPSA) is 85.6 Å². The fraction of sp³-hybridized carbons (Fsp3) is 0.786. The predicted molar refractivity (Wildman–Crippen MR) is 85.9 cm³/mol. The van der Waals surface area contributed by atoms with Crippen LogP contribution in [0.2, 0.25) is 0 Å². The third kappa shape index (κ3) is 6.86. The van der Waals surface area contributed by atoms with Gasteiger partial charge >= 0.3 is 0 Å². The lowest BCUT2D eigenvalue weighted by atomic mass is 10.4. The summed E-state index contributed by atoms with van der Waals surface area (Å²) in [6, 6.07) is 0. The van der Waals surface area contributed by atoms with E-state index in [0.29, 0.717) is 6.54 Å². The van der Waals surface area contributed by atoms with Crippen molar-refractivity contribution in [3.05, 3.63) is 11.6 Å². The quantitative estimate of drug-likeness (QED) is 0.365. The molecule has 0 saturated carbocycles. The molecule has 0 aliphatic rings. The van der Waals surface area contributed by atoms with Crippen molar-refractivity contribution in [1.82, 2.24) is 25.4 Å². The second-order valence-electron chi connectivity index (χ2n) is 4.93. The summed E-state index contributed by atoms with van der Waals surface area (Å²) in [5.74, 6) is 2.49. The zero-order valence-corrected chi connectivity index (χ0v) is 14.1. The van der Waals surface area contributed by atoms with Crippen LogP contribution in [-0.2, 0) is 23.1 Å². The number of hydrogen-bond donors (Lipinski definition) is 2. The first-order chi connectivity index (χ1) is 10.7. The summed E-state index contributed by atoms with van der Waals surface area (Å²) in [5, 5.41) is 14.7. The fourth-order valence-corrected chi connectivity index (χ4v) is 1.76. The van der Waals surface area contributed by atoms with E-state index in [1.807, 2.05) is 18.5 Å². The van der Waals surface area contributed by atoms with E-state index in [1.54, 1.807) is 14.2 Å². The largest absolute Gasteiger partial charge is 0.385 e. The van der Waals surface area contributed by atoms with Crippen LogP contribution in [0.1, 0.15) is 24.5 Å². The van der Waals surface area contributed by atoms with Gasteiger partial charge in [0, 0.05) is 47.6 Å². The number of guanidine groups is 1. The molecule has 8 heteroatoms.